The molecule has 1 saturated heterocycles. The van der Waals surface area contributed by atoms with Crippen LogP contribution in [-0.4, -0.2) is 34.0 Å². The predicted octanol–water partition coefficient (Wildman–Crippen LogP) is 1.72. The molecule has 1 fully saturated rings. The number of nitrogens with zero attached hydrogens (tertiary/aromatic N) is 1. The third kappa shape index (κ3) is 2.61. The number of rotatable bonds is 0. The van der Waals surface area contributed by atoms with Crippen LogP contribution in [0.3, 0.4) is 0 Å². The SMILES string of the molecule is C[C@@H]1CCC(O)N1C(=O)OC(C)(C)C. The van der Waals surface area contributed by atoms with Crippen LogP contribution in [0.2, 0.25) is 0 Å². The Balaban J connectivity index is 2.60. The average molecular weight is 201 g/mol. The van der Waals surface area contributed by atoms with Crippen LogP contribution in [-0.2, 0) is 4.74 Å². The van der Waals surface area contributed by atoms with Gasteiger partial charge in [0.05, 0.1) is 0 Å². The monoisotopic (exact) mass is 201 g/mol. The van der Waals surface area contributed by atoms with Gasteiger partial charge in [-0.25, -0.2) is 4.79 Å². The Morgan fingerprint density at radius 2 is 2.00 bits per heavy atom. The molecule has 1 heterocycles. The highest BCUT2D eigenvalue weighted by atomic mass is 16.6. The molecule has 0 bridgehead atoms. The largest absolute Gasteiger partial charge is 0.444 e. The highest BCUT2D eigenvalue weighted by Crippen LogP contribution is 2.24. The number of likely N-dealkylation sites (tertiary alicyclic amines) is 1. The van der Waals surface area contributed by atoms with E-state index in [0.29, 0.717) is 6.42 Å². The zero-order chi connectivity index (χ0) is 10.9. The van der Waals surface area contributed by atoms with Gasteiger partial charge in [0, 0.05) is 6.04 Å². The molecule has 1 aliphatic rings. The summed E-state index contributed by atoms with van der Waals surface area (Å²) in [6.07, 6.45) is 0.371. The van der Waals surface area contributed by atoms with Crippen molar-refractivity contribution in [3.8, 4) is 0 Å². The van der Waals surface area contributed by atoms with Gasteiger partial charge in [0.25, 0.3) is 0 Å². The minimum Gasteiger partial charge on any atom is -0.444 e. The lowest BCUT2D eigenvalue weighted by molar-refractivity contribution is -0.0222. The van der Waals surface area contributed by atoms with Crippen molar-refractivity contribution in [2.24, 2.45) is 0 Å². The van der Waals surface area contributed by atoms with E-state index in [4.69, 9.17) is 4.74 Å². The molecule has 1 amide bonds. The maximum atomic E-state index is 11.6. The molecule has 0 spiro atoms. The summed E-state index contributed by atoms with van der Waals surface area (Å²) in [4.78, 5) is 13.0. The van der Waals surface area contributed by atoms with Crippen LogP contribution in [0.1, 0.15) is 40.5 Å². The number of aliphatic hydroxyl groups excluding tert-OH is 1. The van der Waals surface area contributed by atoms with E-state index in [-0.39, 0.29) is 6.04 Å². The van der Waals surface area contributed by atoms with Gasteiger partial charge >= 0.3 is 6.09 Å². The first-order chi connectivity index (χ1) is 6.31. The zero-order valence-electron chi connectivity index (χ0n) is 9.28. The van der Waals surface area contributed by atoms with Crippen molar-refractivity contribution in [3.63, 3.8) is 0 Å². The first-order valence-corrected chi connectivity index (χ1v) is 5.00. The summed E-state index contributed by atoms with van der Waals surface area (Å²) in [5.74, 6) is 0. The molecule has 1 N–H and O–H groups in total. The number of aliphatic hydroxyl groups is 1. The van der Waals surface area contributed by atoms with Gasteiger partial charge in [0.1, 0.15) is 11.8 Å². The summed E-state index contributed by atoms with van der Waals surface area (Å²) >= 11 is 0. The fourth-order valence-corrected chi connectivity index (χ4v) is 1.58. The molecule has 0 aromatic carbocycles. The lowest BCUT2D eigenvalue weighted by Gasteiger charge is -2.28. The standard InChI is InChI=1S/C10H19NO3/c1-7-5-6-8(12)11(7)9(13)14-10(2,3)4/h7-8,12H,5-6H2,1-4H3/t7-,8?/m1/s1. The Labute approximate surface area is 84.8 Å². The Morgan fingerprint density at radius 1 is 1.43 bits per heavy atom. The molecule has 4 nitrogen and oxygen atoms in total. The van der Waals surface area contributed by atoms with Gasteiger partial charge in [0.15, 0.2) is 0 Å². The molecule has 0 aromatic heterocycles. The lowest BCUT2D eigenvalue weighted by atomic mass is 10.2. The molecular weight excluding hydrogens is 182 g/mol. The summed E-state index contributed by atoms with van der Waals surface area (Å²) in [5.41, 5.74) is -0.501. The van der Waals surface area contributed by atoms with E-state index in [1.807, 2.05) is 27.7 Å². The second kappa shape index (κ2) is 3.77. The summed E-state index contributed by atoms with van der Waals surface area (Å²) in [7, 11) is 0. The van der Waals surface area contributed by atoms with Crippen LogP contribution >= 0.6 is 0 Å². The van der Waals surface area contributed by atoms with Crippen molar-refractivity contribution in [3.05, 3.63) is 0 Å². The van der Waals surface area contributed by atoms with E-state index < -0.39 is 17.9 Å². The van der Waals surface area contributed by atoms with E-state index in [1.54, 1.807) is 0 Å². The van der Waals surface area contributed by atoms with Crippen molar-refractivity contribution in [2.45, 2.75) is 58.4 Å². The second-order valence-electron chi connectivity index (χ2n) is 4.79. The highest BCUT2D eigenvalue weighted by molar-refractivity contribution is 5.69. The van der Waals surface area contributed by atoms with E-state index in [2.05, 4.69) is 0 Å². The Hall–Kier alpha value is -0.770. The number of amides is 1. The molecule has 14 heavy (non-hydrogen) atoms. The van der Waals surface area contributed by atoms with Crippen molar-refractivity contribution in [1.82, 2.24) is 4.90 Å². The summed E-state index contributed by atoms with van der Waals surface area (Å²) in [5, 5.41) is 9.55. The Kier molecular flexibility index (Phi) is 3.04. The van der Waals surface area contributed by atoms with Crippen molar-refractivity contribution in [1.29, 1.82) is 0 Å². The van der Waals surface area contributed by atoms with E-state index in [9.17, 15) is 9.90 Å². The van der Waals surface area contributed by atoms with Crippen LogP contribution < -0.4 is 0 Å². The summed E-state index contributed by atoms with van der Waals surface area (Å²) in [6.45, 7) is 7.37. The van der Waals surface area contributed by atoms with Gasteiger partial charge < -0.3 is 9.84 Å². The van der Waals surface area contributed by atoms with Crippen molar-refractivity contribution >= 4 is 6.09 Å². The van der Waals surface area contributed by atoms with E-state index in [1.165, 1.54) is 4.90 Å². The van der Waals surface area contributed by atoms with Crippen molar-refractivity contribution < 1.29 is 14.6 Å². The number of hydrogen-bond donors (Lipinski definition) is 1. The Morgan fingerprint density at radius 3 is 2.36 bits per heavy atom. The summed E-state index contributed by atoms with van der Waals surface area (Å²) < 4.78 is 5.19. The normalized spacial score (nSPS) is 27.9. The number of hydrogen-bond acceptors (Lipinski definition) is 3. The smallest absolute Gasteiger partial charge is 0.412 e. The van der Waals surface area contributed by atoms with Crippen LogP contribution in [0.15, 0.2) is 0 Å². The molecular formula is C10H19NO3. The highest BCUT2D eigenvalue weighted by Gasteiger charge is 2.35. The van der Waals surface area contributed by atoms with Gasteiger partial charge in [-0.15, -0.1) is 0 Å². The van der Waals surface area contributed by atoms with Crippen molar-refractivity contribution in [2.75, 3.05) is 0 Å². The van der Waals surface area contributed by atoms with Crippen LogP contribution in [0.4, 0.5) is 4.79 Å². The van der Waals surface area contributed by atoms with Crippen LogP contribution in [0.25, 0.3) is 0 Å². The molecule has 0 radical (unpaired) electrons. The number of carbonyl (C=O) groups excluding carboxylic acids is 1. The van der Waals surface area contributed by atoms with Crippen LogP contribution in [0, 0.1) is 0 Å². The second-order valence-corrected chi connectivity index (χ2v) is 4.79. The zero-order valence-corrected chi connectivity index (χ0v) is 9.28. The molecule has 1 unspecified atom stereocenters. The van der Waals surface area contributed by atoms with Crippen LogP contribution in [0.5, 0.6) is 0 Å². The molecule has 82 valence electrons. The number of ether oxygens (including phenoxy) is 1. The molecule has 2 atom stereocenters. The molecule has 0 aliphatic carbocycles. The maximum absolute atomic E-state index is 11.6. The average Bonchev–Trinajstić information content (AvgIpc) is 2.27. The molecule has 0 saturated carbocycles. The minimum absolute atomic E-state index is 0.0693. The minimum atomic E-state index is -0.681. The quantitative estimate of drug-likeness (QED) is 0.649. The Bertz CT molecular complexity index is 212. The van der Waals surface area contributed by atoms with Gasteiger partial charge in [-0.1, -0.05) is 0 Å². The van der Waals surface area contributed by atoms with Gasteiger partial charge in [0.2, 0.25) is 0 Å². The van der Waals surface area contributed by atoms with Gasteiger partial charge in [-0.2, -0.15) is 0 Å². The predicted molar refractivity (Wildman–Crippen MR) is 52.8 cm³/mol. The maximum Gasteiger partial charge on any atom is 0.412 e. The molecule has 0 aromatic rings. The third-order valence-electron chi connectivity index (χ3n) is 2.24. The molecule has 1 rings (SSSR count). The van der Waals surface area contributed by atoms with E-state index in [0.717, 1.165) is 6.42 Å². The first-order valence-electron chi connectivity index (χ1n) is 5.00. The fraction of sp³-hybridized carbons (Fsp3) is 0.900. The van der Waals surface area contributed by atoms with E-state index >= 15 is 0 Å². The lowest BCUT2D eigenvalue weighted by Crippen LogP contribution is -2.43. The first kappa shape index (κ1) is 11.3. The topological polar surface area (TPSA) is 49.8 Å². The fourth-order valence-electron chi connectivity index (χ4n) is 1.58. The third-order valence-corrected chi connectivity index (χ3v) is 2.24. The molecule has 1 aliphatic heterocycles. The summed E-state index contributed by atoms with van der Waals surface area (Å²) in [6, 6.07) is 0.0693. The van der Waals surface area contributed by atoms with Gasteiger partial charge in [-0.05, 0) is 40.5 Å². The molecule has 4 heteroatoms. The number of carbonyl (C=O) groups is 1. The van der Waals surface area contributed by atoms with Gasteiger partial charge in [-0.3, -0.25) is 4.90 Å².